The van der Waals surface area contributed by atoms with Gasteiger partial charge in [-0.15, -0.1) is 0 Å². The minimum absolute atomic E-state index is 0.162. The predicted molar refractivity (Wildman–Crippen MR) is 107 cm³/mol. The number of rotatable bonds is 9. The molecule has 0 aliphatic heterocycles. The van der Waals surface area contributed by atoms with Crippen LogP contribution in [0.3, 0.4) is 0 Å². The maximum atomic E-state index is 12.8. The Morgan fingerprint density at radius 3 is 2.53 bits per heavy atom. The monoisotopic (exact) mass is 425 g/mol. The number of methoxy groups -OCH3 is 1. The first-order valence-corrected chi connectivity index (χ1v) is 9.07. The van der Waals surface area contributed by atoms with Crippen molar-refractivity contribution in [2.45, 2.75) is 26.4 Å². The zero-order chi connectivity index (χ0) is 22.3. The van der Waals surface area contributed by atoms with Gasteiger partial charge in [0.25, 0.3) is 5.69 Å². The summed E-state index contributed by atoms with van der Waals surface area (Å²) in [6, 6.07) is 7.25. The van der Waals surface area contributed by atoms with Gasteiger partial charge in [-0.2, -0.15) is 18.3 Å². The van der Waals surface area contributed by atoms with Crippen molar-refractivity contribution < 1.29 is 27.6 Å². The second kappa shape index (κ2) is 9.95. The molecule has 0 heterocycles. The average molecular weight is 425 g/mol. The molecule has 2 rings (SSSR count). The van der Waals surface area contributed by atoms with Crippen molar-refractivity contribution in [3.63, 3.8) is 0 Å². The van der Waals surface area contributed by atoms with Crippen LogP contribution in [-0.2, 0) is 6.18 Å². The van der Waals surface area contributed by atoms with Crippen LogP contribution in [0.5, 0.6) is 11.5 Å². The number of alkyl halides is 3. The summed E-state index contributed by atoms with van der Waals surface area (Å²) in [6.07, 6.45) is -2.42. The molecule has 0 saturated carbocycles. The van der Waals surface area contributed by atoms with Gasteiger partial charge in [-0.05, 0) is 48.2 Å². The van der Waals surface area contributed by atoms with Crippen LogP contribution in [0.4, 0.5) is 24.5 Å². The zero-order valence-corrected chi connectivity index (χ0v) is 16.7. The Bertz CT molecular complexity index is 915. The number of nitrogens with one attached hydrogen (secondary N) is 1. The van der Waals surface area contributed by atoms with Crippen molar-refractivity contribution >= 4 is 17.6 Å². The molecule has 1 N–H and O–H groups in total. The first-order valence-electron chi connectivity index (χ1n) is 9.07. The number of nitrogens with zero attached hydrogens (tertiary/aromatic N) is 2. The number of hydrazone groups is 1. The van der Waals surface area contributed by atoms with Crippen LogP contribution in [-0.4, -0.2) is 24.9 Å². The maximum absolute atomic E-state index is 12.8. The molecule has 0 saturated heterocycles. The molecule has 0 spiro atoms. The van der Waals surface area contributed by atoms with E-state index in [0.717, 1.165) is 18.6 Å². The lowest BCUT2D eigenvalue weighted by atomic mass is 10.1. The van der Waals surface area contributed by atoms with E-state index in [2.05, 4.69) is 24.4 Å². The molecular weight excluding hydrogens is 403 g/mol. The summed E-state index contributed by atoms with van der Waals surface area (Å²) in [5.41, 5.74) is 1.01. The summed E-state index contributed by atoms with van der Waals surface area (Å²) in [5.74, 6) is 1.56. The summed E-state index contributed by atoms with van der Waals surface area (Å²) >= 11 is 0. The van der Waals surface area contributed by atoms with E-state index in [1.807, 2.05) is 0 Å². The Balaban J connectivity index is 2.14. The van der Waals surface area contributed by atoms with E-state index in [9.17, 15) is 23.3 Å². The Kier molecular flexibility index (Phi) is 7.62. The predicted octanol–water partition coefficient (Wildman–Crippen LogP) is 5.49. The molecular formula is C20H22F3N3O4. The van der Waals surface area contributed by atoms with Gasteiger partial charge in [-0.1, -0.05) is 13.8 Å². The van der Waals surface area contributed by atoms with Crippen LogP contribution in [0.25, 0.3) is 0 Å². The smallest absolute Gasteiger partial charge is 0.416 e. The van der Waals surface area contributed by atoms with Gasteiger partial charge in [0.1, 0.15) is 5.69 Å². The molecule has 0 fully saturated rings. The number of hydrogen-bond donors (Lipinski definition) is 1. The maximum Gasteiger partial charge on any atom is 0.416 e. The van der Waals surface area contributed by atoms with E-state index in [1.54, 1.807) is 18.2 Å². The Labute approximate surface area is 171 Å². The molecule has 2 aromatic carbocycles. The second-order valence-electron chi connectivity index (χ2n) is 6.80. The van der Waals surface area contributed by atoms with Crippen molar-refractivity contribution in [2.75, 3.05) is 19.1 Å². The third-order valence-corrected chi connectivity index (χ3v) is 4.06. The van der Waals surface area contributed by atoms with E-state index >= 15 is 0 Å². The fourth-order valence-electron chi connectivity index (χ4n) is 2.42. The molecule has 0 atom stereocenters. The van der Waals surface area contributed by atoms with Crippen molar-refractivity contribution in [2.24, 2.45) is 11.0 Å². The third kappa shape index (κ3) is 6.36. The summed E-state index contributed by atoms with van der Waals surface area (Å²) in [5, 5.41) is 15.0. The highest BCUT2D eigenvalue weighted by atomic mass is 19.4. The third-order valence-electron chi connectivity index (χ3n) is 4.06. The topological polar surface area (TPSA) is 86.0 Å². The normalized spacial score (nSPS) is 11.7. The summed E-state index contributed by atoms with van der Waals surface area (Å²) in [4.78, 5) is 10.2. The van der Waals surface area contributed by atoms with Crippen LogP contribution in [0.15, 0.2) is 41.5 Å². The van der Waals surface area contributed by atoms with Crippen molar-refractivity contribution in [3.8, 4) is 11.5 Å². The zero-order valence-electron chi connectivity index (χ0n) is 16.7. The average Bonchev–Trinajstić information content (AvgIpc) is 2.67. The van der Waals surface area contributed by atoms with Gasteiger partial charge in [-0.25, -0.2) is 0 Å². The Hall–Kier alpha value is -3.30. The fourth-order valence-corrected chi connectivity index (χ4v) is 2.42. The van der Waals surface area contributed by atoms with E-state index in [-0.39, 0.29) is 5.69 Å². The number of halogens is 3. The van der Waals surface area contributed by atoms with Crippen molar-refractivity contribution in [3.05, 3.63) is 57.6 Å². The van der Waals surface area contributed by atoms with Crippen LogP contribution >= 0.6 is 0 Å². The highest BCUT2D eigenvalue weighted by Gasteiger charge is 2.33. The second-order valence-corrected chi connectivity index (χ2v) is 6.80. The summed E-state index contributed by atoms with van der Waals surface area (Å²) < 4.78 is 49.3. The van der Waals surface area contributed by atoms with Crippen LogP contribution in [0, 0.1) is 16.0 Å². The molecule has 162 valence electrons. The van der Waals surface area contributed by atoms with Gasteiger partial charge in [0.05, 0.1) is 30.4 Å². The molecule has 0 radical (unpaired) electrons. The largest absolute Gasteiger partial charge is 0.493 e. The quantitative estimate of drug-likeness (QED) is 0.326. The number of ether oxygens (including phenoxy) is 2. The highest BCUT2D eigenvalue weighted by molar-refractivity contribution is 5.82. The Morgan fingerprint density at radius 2 is 1.93 bits per heavy atom. The number of anilines is 1. The lowest BCUT2D eigenvalue weighted by Gasteiger charge is -2.12. The molecule has 0 aromatic heterocycles. The number of nitro benzene ring substituents is 1. The first kappa shape index (κ1) is 23.0. The lowest BCUT2D eigenvalue weighted by molar-refractivity contribution is -0.384. The fraction of sp³-hybridized carbons (Fsp3) is 0.350. The van der Waals surface area contributed by atoms with Gasteiger partial charge in [0.2, 0.25) is 0 Å². The summed E-state index contributed by atoms with van der Waals surface area (Å²) in [6.45, 7) is 4.73. The molecule has 10 heteroatoms. The molecule has 2 aromatic rings. The van der Waals surface area contributed by atoms with Gasteiger partial charge < -0.3 is 9.47 Å². The van der Waals surface area contributed by atoms with Gasteiger partial charge in [0.15, 0.2) is 11.5 Å². The summed E-state index contributed by atoms with van der Waals surface area (Å²) in [7, 11) is 1.50. The highest BCUT2D eigenvalue weighted by Crippen LogP contribution is 2.35. The molecule has 0 aliphatic carbocycles. The molecule has 30 heavy (non-hydrogen) atoms. The van der Waals surface area contributed by atoms with Crippen molar-refractivity contribution in [1.29, 1.82) is 0 Å². The van der Waals surface area contributed by atoms with Crippen LogP contribution in [0.2, 0.25) is 0 Å². The number of hydrogen-bond acceptors (Lipinski definition) is 6. The molecule has 0 aliphatic rings. The van der Waals surface area contributed by atoms with Crippen LogP contribution < -0.4 is 14.9 Å². The van der Waals surface area contributed by atoms with Gasteiger partial charge in [0, 0.05) is 6.07 Å². The minimum Gasteiger partial charge on any atom is -0.493 e. The minimum atomic E-state index is -4.68. The van der Waals surface area contributed by atoms with E-state index in [4.69, 9.17) is 9.47 Å². The molecule has 0 unspecified atom stereocenters. The number of benzene rings is 2. The number of nitro groups is 1. The van der Waals surface area contributed by atoms with E-state index in [0.29, 0.717) is 35.7 Å². The first-order chi connectivity index (χ1) is 14.1. The van der Waals surface area contributed by atoms with Crippen LogP contribution in [0.1, 0.15) is 31.4 Å². The van der Waals surface area contributed by atoms with Crippen molar-refractivity contribution in [1.82, 2.24) is 0 Å². The molecule has 0 bridgehead atoms. The van der Waals surface area contributed by atoms with Gasteiger partial charge in [-0.3, -0.25) is 15.5 Å². The van der Waals surface area contributed by atoms with E-state index < -0.39 is 22.4 Å². The molecule has 7 nitrogen and oxygen atoms in total. The lowest BCUT2D eigenvalue weighted by Crippen LogP contribution is -2.06. The molecule has 0 amide bonds. The Morgan fingerprint density at radius 1 is 1.20 bits per heavy atom. The van der Waals surface area contributed by atoms with E-state index in [1.165, 1.54) is 13.3 Å². The SMILES string of the molecule is COc1cc(C=NNc2ccc(C(F)(F)F)cc2[N+](=O)[O-])ccc1OCCC(C)C. The standard InChI is InChI=1S/C20H22F3N3O4/c1-13(2)8-9-30-18-7-4-14(10-19(18)29-3)12-24-25-16-6-5-15(20(21,22)23)11-17(16)26(27)28/h4-7,10-13,25H,8-9H2,1-3H3. The van der Waals surface area contributed by atoms with Gasteiger partial charge >= 0.3 is 6.18 Å².